The maximum absolute atomic E-state index is 12.1. The van der Waals surface area contributed by atoms with Crippen molar-refractivity contribution in [1.29, 1.82) is 0 Å². The van der Waals surface area contributed by atoms with Crippen LogP contribution in [0.2, 0.25) is 0 Å². The van der Waals surface area contributed by atoms with E-state index in [0.717, 1.165) is 29.1 Å². The van der Waals surface area contributed by atoms with Crippen LogP contribution >= 0.6 is 11.3 Å². The van der Waals surface area contributed by atoms with Crippen molar-refractivity contribution in [2.24, 2.45) is 0 Å². The quantitative estimate of drug-likeness (QED) is 0.858. The fourth-order valence-corrected chi connectivity index (χ4v) is 2.40. The zero-order valence-corrected chi connectivity index (χ0v) is 12.6. The molecule has 0 unspecified atom stereocenters. The number of aromatic nitrogens is 1. The van der Waals surface area contributed by atoms with Gasteiger partial charge in [0.15, 0.2) is 0 Å². The van der Waals surface area contributed by atoms with Crippen molar-refractivity contribution in [3.8, 4) is 0 Å². The number of thiazole rings is 1. The van der Waals surface area contributed by atoms with E-state index in [0.29, 0.717) is 12.1 Å². The summed E-state index contributed by atoms with van der Waals surface area (Å²) in [4.78, 5) is 17.1. The largest absolute Gasteiger partial charge is 0.385 e. The van der Waals surface area contributed by atoms with Gasteiger partial charge in [0, 0.05) is 28.9 Å². The molecule has 2 rings (SSSR count). The second-order valence-electron chi connectivity index (χ2n) is 4.61. The lowest BCUT2D eigenvalue weighted by atomic mass is 10.1. The predicted octanol–water partition coefficient (Wildman–Crippen LogP) is 3.20. The lowest BCUT2D eigenvalue weighted by Gasteiger charge is -2.10. The first kappa shape index (κ1) is 14.5. The molecule has 0 aliphatic carbocycles. The molecular weight excluding hydrogens is 270 g/mol. The Kier molecular flexibility index (Phi) is 5.12. The maximum atomic E-state index is 12.1. The van der Waals surface area contributed by atoms with Crippen molar-refractivity contribution >= 4 is 22.9 Å². The van der Waals surface area contributed by atoms with E-state index in [1.807, 2.05) is 25.1 Å². The summed E-state index contributed by atoms with van der Waals surface area (Å²) in [5.74, 6) is -0.0523. The molecule has 5 heteroatoms. The molecule has 0 saturated carbocycles. The summed E-state index contributed by atoms with van der Waals surface area (Å²) in [6.45, 7) is 5.61. The van der Waals surface area contributed by atoms with E-state index < -0.39 is 0 Å². The van der Waals surface area contributed by atoms with Crippen LogP contribution in [0.4, 0.5) is 5.69 Å². The van der Waals surface area contributed by atoms with Gasteiger partial charge in [-0.2, -0.15) is 0 Å². The van der Waals surface area contributed by atoms with Crippen LogP contribution in [-0.4, -0.2) is 17.4 Å². The maximum Gasteiger partial charge on any atom is 0.251 e. The van der Waals surface area contributed by atoms with Crippen molar-refractivity contribution in [3.05, 3.63) is 45.9 Å². The van der Waals surface area contributed by atoms with E-state index in [9.17, 15) is 4.79 Å². The molecular formula is C15H19N3OS. The van der Waals surface area contributed by atoms with Crippen LogP contribution in [0.3, 0.4) is 0 Å². The van der Waals surface area contributed by atoms with Crippen molar-refractivity contribution in [2.75, 3.05) is 11.9 Å². The van der Waals surface area contributed by atoms with Gasteiger partial charge in [0.1, 0.15) is 0 Å². The minimum atomic E-state index is -0.0523. The number of carbonyl (C=O) groups is 1. The summed E-state index contributed by atoms with van der Waals surface area (Å²) in [5, 5.41) is 6.25. The first-order valence-corrected chi connectivity index (χ1v) is 7.58. The second-order valence-corrected chi connectivity index (χ2v) is 5.58. The summed E-state index contributed by atoms with van der Waals surface area (Å²) in [6.07, 6.45) is 2.85. The molecule has 1 aromatic carbocycles. The Morgan fingerprint density at radius 3 is 2.90 bits per heavy atom. The standard InChI is InChI=1S/C15H19N3OS/c1-3-6-17-14-5-4-12(7-11(14)2)15(19)18-9-13-8-16-10-20-13/h4-5,7-8,10,17H,3,6,9H2,1-2H3,(H,18,19). The molecule has 1 heterocycles. The highest BCUT2D eigenvalue weighted by Gasteiger charge is 2.07. The Hall–Kier alpha value is -1.88. The molecule has 0 aliphatic rings. The topological polar surface area (TPSA) is 54.0 Å². The van der Waals surface area contributed by atoms with Crippen molar-refractivity contribution < 1.29 is 4.79 Å². The zero-order valence-electron chi connectivity index (χ0n) is 11.8. The smallest absolute Gasteiger partial charge is 0.251 e. The van der Waals surface area contributed by atoms with E-state index in [1.165, 1.54) is 11.3 Å². The number of benzene rings is 1. The summed E-state index contributed by atoms with van der Waals surface area (Å²) in [6, 6.07) is 5.74. The van der Waals surface area contributed by atoms with E-state index in [2.05, 4.69) is 22.5 Å². The number of carbonyl (C=O) groups excluding carboxylic acids is 1. The highest BCUT2D eigenvalue weighted by molar-refractivity contribution is 7.09. The molecule has 0 bridgehead atoms. The average Bonchev–Trinajstić information content (AvgIpc) is 2.96. The summed E-state index contributed by atoms with van der Waals surface area (Å²) < 4.78 is 0. The molecule has 106 valence electrons. The molecule has 1 amide bonds. The van der Waals surface area contributed by atoms with Crippen LogP contribution in [-0.2, 0) is 6.54 Å². The molecule has 0 fully saturated rings. The normalized spacial score (nSPS) is 10.3. The van der Waals surface area contributed by atoms with Gasteiger partial charge in [-0.3, -0.25) is 9.78 Å². The third-order valence-electron chi connectivity index (χ3n) is 2.96. The molecule has 0 atom stereocenters. The molecule has 0 spiro atoms. The van der Waals surface area contributed by atoms with E-state index in [-0.39, 0.29) is 5.91 Å². The Bertz CT molecular complexity index is 567. The van der Waals surface area contributed by atoms with Crippen LogP contribution in [0.1, 0.15) is 34.1 Å². The Morgan fingerprint density at radius 2 is 2.25 bits per heavy atom. The first-order chi connectivity index (χ1) is 9.70. The van der Waals surface area contributed by atoms with Gasteiger partial charge in [-0.15, -0.1) is 11.3 Å². The zero-order chi connectivity index (χ0) is 14.4. The third kappa shape index (κ3) is 3.81. The molecule has 4 nitrogen and oxygen atoms in total. The van der Waals surface area contributed by atoms with E-state index >= 15 is 0 Å². The number of hydrogen-bond donors (Lipinski definition) is 2. The van der Waals surface area contributed by atoms with Gasteiger partial charge in [-0.1, -0.05) is 6.92 Å². The SMILES string of the molecule is CCCNc1ccc(C(=O)NCc2cncs2)cc1C. The lowest BCUT2D eigenvalue weighted by molar-refractivity contribution is 0.0951. The minimum Gasteiger partial charge on any atom is -0.385 e. The van der Waals surface area contributed by atoms with Gasteiger partial charge in [0.25, 0.3) is 5.91 Å². The van der Waals surface area contributed by atoms with Gasteiger partial charge in [0.2, 0.25) is 0 Å². The number of nitrogens with one attached hydrogen (secondary N) is 2. The van der Waals surface area contributed by atoms with Gasteiger partial charge in [0.05, 0.1) is 12.1 Å². The van der Waals surface area contributed by atoms with Crippen LogP contribution in [0, 0.1) is 6.92 Å². The third-order valence-corrected chi connectivity index (χ3v) is 3.74. The van der Waals surface area contributed by atoms with Gasteiger partial charge in [-0.25, -0.2) is 0 Å². The first-order valence-electron chi connectivity index (χ1n) is 6.70. The molecule has 2 aromatic rings. The lowest BCUT2D eigenvalue weighted by Crippen LogP contribution is -2.22. The van der Waals surface area contributed by atoms with Gasteiger partial charge >= 0.3 is 0 Å². The summed E-state index contributed by atoms with van der Waals surface area (Å²) in [5.41, 5.74) is 4.63. The molecule has 0 saturated heterocycles. The highest BCUT2D eigenvalue weighted by atomic mass is 32.1. The number of anilines is 1. The Labute approximate surface area is 123 Å². The highest BCUT2D eigenvalue weighted by Crippen LogP contribution is 2.16. The number of aryl methyl sites for hydroxylation is 1. The minimum absolute atomic E-state index is 0.0523. The second kappa shape index (κ2) is 7.05. The Morgan fingerprint density at radius 1 is 1.40 bits per heavy atom. The van der Waals surface area contributed by atoms with Gasteiger partial charge < -0.3 is 10.6 Å². The molecule has 0 radical (unpaired) electrons. The van der Waals surface area contributed by atoms with E-state index in [1.54, 1.807) is 11.7 Å². The molecule has 1 aromatic heterocycles. The van der Waals surface area contributed by atoms with Crippen LogP contribution in [0.15, 0.2) is 29.9 Å². The van der Waals surface area contributed by atoms with E-state index in [4.69, 9.17) is 0 Å². The van der Waals surface area contributed by atoms with Crippen molar-refractivity contribution in [2.45, 2.75) is 26.8 Å². The fraction of sp³-hybridized carbons (Fsp3) is 0.333. The van der Waals surface area contributed by atoms with Crippen LogP contribution in [0.5, 0.6) is 0 Å². The predicted molar refractivity (Wildman–Crippen MR) is 83.2 cm³/mol. The molecule has 20 heavy (non-hydrogen) atoms. The molecule has 2 N–H and O–H groups in total. The monoisotopic (exact) mass is 289 g/mol. The van der Waals surface area contributed by atoms with Gasteiger partial charge in [-0.05, 0) is 37.1 Å². The van der Waals surface area contributed by atoms with Crippen LogP contribution < -0.4 is 10.6 Å². The van der Waals surface area contributed by atoms with Crippen molar-refractivity contribution in [1.82, 2.24) is 10.3 Å². The number of nitrogens with zero attached hydrogens (tertiary/aromatic N) is 1. The van der Waals surface area contributed by atoms with Crippen molar-refractivity contribution in [3.63, 3.8) is 0 Å². The fourth-order valence-electron chi connectivity index (χ4n) is 1.86. The number of rotatable bonds is 6. The Balaban J connectivity index is 1.97. The van der Waals surface area contributed by atoms with Crippen LogP contribution in [0.25, 0.3) is 0 Å². The number of amides is 1. The number of hydrogen-bond acceptors (Lipinski definition) is 4. The summed E-state index contributed by atoms with van der Waals surface area (Å²) >= 11 is 1.54. The summed E-state index contributed by atoms with van der Waals surface area (Å²) in [7, 11) is 0. The average molecular weight is 289 g/mol. The molecule has 0 aliphatic heterocycles.